The van der Waals surface area contributed by atoms with Crippen molar-refractivity contribution in [1.29, 1.82) is 0 Å². The molecule has 0 fully saturated rings. The van der Waals surface area contributed by atoms with Gasteiger partial charge in [-0.1, -0.05) is 13.8 Å². The van der Waals surface area contributed by atoms with Crippen LogP contribution in [0.2, 0.25) is 0 Å². The highest BCUT2D eigenvalue weighted by Crippen LogP contribution is 2.24. The number of oxazole rings is 1. The average Bonchev–Trinajstić information content (AvgIpc) is 2.97. The molecule has 1 unspecified atom stereocenters. The first kappa shape index (κ1) is 17.0. The molecule has 0 saturated heterocycles. The first-order chi connectivity index (χ1) is 11.0. The number of carbonyl (C=O) groups excluding carboxylic acids is 1. The SMILES string of the molecule is CC(O)CCNC(=O)Nc1ccc(-c2ncc(C(C)C)o2)cc1. The monoisotopic (exact) mass is 317 g/mol. The van der Waals surface area contributed by atoms with Gasteiger partial charge in [0.05, 0.1) is 12.3 Å². The molecule has 0 spiro atoms. The standard InChI is InChI=1S/C17H23N3O3/c1-11(2)15-10-19-16(23-15)13-4-6-14(7-5-13)20-17(22)18-9-8-12(3)21/h4-7,10-12,21H,8-9H2,1-3H3,(H2,18,20,22). The molecule has 1 atom stereocenters. The maximum atomic E-state index is 11.7. The average molecular weight is 317 g/mol. The number of nitrogens with one attached hydrogen (secondary N) is 2. The number of amides is 2. The first-order valence-corrected chi connectivity index (χ1v) is 7.74. The van der Waals surface area contributed by atoms with E-state index in [-0.39, 0.29) is 6.03 Å². The zero-order chi connectivity index (χ0) is 16.8. The Morgan fingerprint density at radius 1 is 1.26 bits per heavy atom. The van der Waals surface area contributed by atoms with Crippen molar-refractivity contribution in [1.82, 2.24) is 10.3 Å². The molecule has 0 aliphatic heterocycles. The molecule has 2 amide bonds. The predicted octanol–water partition coefficient (Wildman–Crippen LogP) is 3.36. The first-order valence-electron chi connectivity index (χ1n) is 7.74. The molecule has 2 rings (SSSR count). The minimum absolute atomic E-state index is 0.294. The van der Waals surface area contributed by atoms with Crippen LogP contribution in [-0.2, 0) is 0 Å². The van der Waals surface area contributed by atoms with E-state index in [9.17, 15) is 4.79 Å². The molecule has 2 aromatic rings. The minimum atomic E-state index is -0.425. The molecule has 0 bridgehead atoms. The van der Waals surface area contributed by atoms with Crippen LogP contribution in [0.25, 0.3) is 11.5 Å². The van der Waals surface area contributed by atoms with Crippen molar-refractivity contribution in [2.75, 3.05) is 11.9 Å². The number of hydrogen-bond acceptors (Lipinski definition) is 4. The van der Waals surface area contributed by atoms with Crippen LogP contribution in [0.4, 0.5) is 10.5 Å². The van der Waals surface area contributed by atoms with E-state index in [1.165, 1.54) is 0 Å². The number of aromatic nitrogens is 1. The van der Waals surface area contributed by atoms with Crippen molar-refractivity contribution in [3.8, 4) is 11.5 Å². The second-order valence-electron chi connectivity index (χ2n) is 5.82. The van der Waals surface area contributed by atoms with Gasteiger partial charge in [0.1, 0.15) is 5.76 Å². The van der Waals surface area contributed by atoms with Gasteiger partial charge >= 0.3 is 6.03 Å². The third kappa shape index (κ3) is 5.10. The van der Waals surface area contributed by atoms with Crippen LogP contribution < -0.4 is 10.6 Å². The summed E-state index contributed by atoms with van der Waals surface area (Å²) in [5, 5.41) is 14.6. The van der Waals surface area contributed by atoms with Gasteiger partial charge in [0.25, 0.3) is 0 Å². The van der Waals surface area contributed by atoms with Crippen molar-refractivity contribution in [2.45, 2.75) is 39.2 Å². The van der Waals surface area contributed by atoms with Crippen LogP contribution in [0.15, 0.2) is 34.9 Å². The lowest BCUT2D eigenvalue weighted by molar-refractivity contribution is 0.184. The van der Waals surface area contributed by atoms with Crippen molar-refractivity contribution < 1.29 is 14.3 Å². The smallest absolute Gasteiger partial charge is 0.319 e. The molecule has 1 aromatic carbocycles. The van der Waals surface area contributed by atoms with E-state index in [2.05, 4.69) is 15.6 Å². The molecule has 124 valence electrons. The highest BCUT2D eigenvalue weighted by atomic mass is 16.4. The molecule has 23 heavy (non-hydrogen) atoms. The van der Waals surface area contributed by atoms with Crippen molar-refractivity contribution >= 4 is 11.7 Å². The Morgan fingerprint density at radius 3 is 2.52 bits per heavy atom. The number of urea groups is 1. The van der Waals surface area contributed by atoms with Gasteiger partial charge in [0.15, 0.2) is 0 Å². The highest BCUT2D eigenvalue weighted by molar-refractivity contribution is 5.89. The summed E-state index contributed by atoms with van der Waals surface area (Å²) in [5.41, 5.74) is 1.54. The predicted molar refractivity (Wildman–Crippen MR) is 89.3 cm³/mol. The molecule has 0 aliphatic rings. The van der Waals surface area contributed by atoms with Crippen LogP contribution in [0.3, 0.4) is 0 Å². The van der Waals surface area contributed by atoms with Gasteiger partial charge in [-0.15, -0.1) is 0 Å². The summed E-state index contributed by atoms with van der Waals surface area (Å²) >= 11 is 0. The fraction of sp³-hybridized carbons (Fsp3) is 0.412. The van der Waals surface area contributed by atoms with Crippen molar-refractivity contribution in [3.05, 3.63) is 36.2 Å². The van der Waals surface area contributed by atoms with E-state index in [1.54, 1.807) is 25.3 Å². The largest absolute Gasteiger partial charge is 0.441 e. The van der Waals surface area contributed by atoms with Crippen LogP contribution in [0, 0.1) is 0 Å². The summed E-state index contributed by atoms with van der Waals surface area (Å²) in [5.74, 6) is 1.71. The number of benzene rings is 1. The Labute approximate surface area is 135 Å². The summed E-state index contributed by atoms with van der Waals surface area (Å²) < 4.78 is 5.69. The Kier molecular flexibility index (Phi) is 5.76. The summed E-state index contributed by atoms with van der Waals surface area (Å²) in [6.45, 7) is 6.21. The lowest BCUT2D eigenvalue weighted by Gasteiger charge is -2.08. The van der Waals surface area contributed by atoms with E-state index in [0.717, 1.165) is 11.3 Å². The van der Waals surface area contributed by atoms with Crippen LogP contribution >= 0.6 is 0 Å². The Hall–Kier alpha value is -2.34. The second-order valence-corrected chi connectivity index (χ2v) is 5.82. The lowest BCUT2D eigenvalue weighted by atomic mass is 10.2. The summed E-state index contributed by atoms with van der Waals surface area (Å²) in [4.78, 5) is 16.0. The van der Waals surface area contributed by atoms with E-state index < -0.39 is 6.10 Å². The molecule has 0 aliphatic carbocycles. The molecule has 1 heterocycles. The third-order valence-corrected chi connectivity index (χ3v) is 3.33. The Bertz CT molecular complexity index is 633. The molecule has 1 aromatic heterocycles. The van der Waals surface area contributed by atoms with Gasteiger partial charge in [-0.2, -0.15) is 0 Å². The molecule has 6 heteroatoms. The normalized spacial score (nSPS) is 12.2. The number of rotatable bonds is 6. The summed E-state index contributed by atoms with van der Waals surface area (Å²) in [7, 11) is 0. The number of hydrogen-bond donors (Lipinski definition) is 3. The third-order valence-electron chi connectivity index (χ3n) is 3.33. The summed E-state index contributed by atoms with van der Waals surface area (Å²) in [6, 6.07) is 6.99. The summed E-state index contributed by atoms with van der Waals surface area (Å²) in [6.07, 6.45) is 1.84. The lowest BCUT2D eigenvalue weighted by Crippen LogP contribution is -2.30. The quantitative estimate of drug-likeness (QED) is 0.762. The van der Waals surface area contributed by atoms with Gasteiger partial charge < -0.3 is 20.2 Å². The fourth-order valence-electron chi connectivity index (χ4n) is 1.95. The number of aliphatic hydroxyl groups is 1. The van der Waals surface area contributed by atoms with E-state index in [4.69, 9.17) is 9.52 Å². The minimum Gasteiger partial charge on any atom is -0.441 e. The Balaban J connectivity index is 1.92. The molecule has 0 saturated carbocycles. The number of nitrogens with zero attached hydrogens (tertiary/aromatic N) is 1. The van der Waals surface area contributed by atoms with E-state index in [1.807, 2.05) is 26.0 Å². The zero-order valence-electron chi connectivity index (χ0n) is 13.7. The Morgan fingerprint density at radius 2 is 1.96 bits per heavy atom. The molecule has 0 radical (unpaired) electrons. The topological polar surface area (TPSA) is 87.4 Å². The zero-order valence-corrected chi connectivity index (χ0v) is 13.7. The number of anilines is 1. The fourth-order valence-corrected chi connectivity index (χ4v) is 1.95. The molecular weight excluding hydrogens is 294 g/mol. The number of carbonyl (C=O) groups is 1. The maximum absolute atomic E-state index is 11.7. The molecule has 3 N–H and O–H groups in total. The van der Waals surface area contributed by atoms with Gasteiger partial charge in [-0.25, -0.2) is 9.78 Å². The van der Waals surface area contributed by atoms with E-state index >= 15 is 0 Å². The maximum Gasteiger partial charge on any atom is 0.319 e. The number of aliphatic hydroxyl groups excluding tert-OH is 1. The molecular formula is C17H23N3O3. The van der Waals surface area contributed by atoms with Crippen molar-refractivity contribution in [2.24, 2.45) is 0 Å². The molecule has 6 nitrogen and oxygen atoms in total. The van der Waals surface area contributed by atoms with Crippen LogP contribution in [-0.4, -0.2) is 28.8 Å². The second kappa shape index (κ2) is 7.78. The van der Waals surface area contributed by atoms with Gasteiger partial charge in [0.2, 0.25) is 5.89 Å². The van der Waals surface area contributed by atoms with Gasteiger partial charge in [-0.05, 0) is 37.6 Å². The van der Waals surface area contributed by atoms with Gasteiger partial charge in [0, 0.05) is 23.7 Å². The van der Waals surface area contributed by atoms with Crippen molar-refractivity contribution in [3.63, 3.8) is 0 Å². The van der Waals surface area contributed by atoms with Gasteiger partial charge in [-0.3, -0.25) is 0 Å². The van der Waals surface area contributed by atoms with E-state index in [0.29, 0.717) is 30.5 Å². The van der Waals surface area contributed by atoms with Crippen LogP contribution in [0.5, 0.6) is 0 Å². The van der Waals surface area contributed by atoms with Crippen LogP contribution in [0.1, 0.15) is 38.9 Å². The highest BCUT2D eigenvalue weighted by Gasteiger charge is 2.09.